The number of Topliss-reactive ketones (excluding diaryl/α,β-unsaturated/α-hetero) is 1. The second-order valence-corrected chi connectivity index (χ2v) is 6.57. The molecule has 0 spiro atoms. The number of hydrogen-bond donors (Lipinski definition) is 1. The van der Waals surface area contributed by atoms with E-state index in [1.54, 1.807) is 11.8 Å². The van der Waals surface area contributed by atoms with Crippen LogP contribution in [-0.2, 0) is 4.79 Å². The molecule has 1 aliphatic rings. The highest BCUT2D eigenvalue weighted by molar-refractivity contribution is 8.03. The van der Waals surface area contributed by atoms with Crippen LogP contribution in [-0.4, -0.2) is 5.78 Å². The Kier molecular flexibility index (Phi) is 7.37. The minimum atomic E-state index is 0.198. The summed E-state index contributed by atoms with van der Waals surface area (Å²) >= 11 is 1.68. The average molecular weight is 337 g/mol. The molecule has 1 aromatic rings. The van der Waals surface area contributed by atoms with Gasteiger partial charge in [0, 0.05) is 27.5 Å². The molecule has 0 unspecified atom stereocenters. The first kappa shape index (κ1) is 18.1. The topological polar surface area (TPSA) is 43.1 Å². The number of benzene rings is 1. The van der Waals surface area contributed by atoms with Crippen LogP contribution in [0.5, 0.6) is 0 Å². The van der Waals surface area contributed by atoms with Crippen molar-refractivity contribution in [2.24, 2.45) is 0 Å². The molecule has 0 heterocycles. The summed E-state index contributed by atoms with van der Waals surface area (Å²) < 4.78 is 0. The number of ketones is 1. The van der Waals surface area contributed by atoms with Crippen molar-refractivity contribution in [3.63, 3.8) is 0 Å². The standard InChI is InChI=1S/C21H23NOS/c1-2-3-4-5-6-10-21(23)17-8-7-9-19(14-11-17)24-20-15-12-18(22)13-16-20/h2-5,8-9,11-16H,6-7,10,22H2,1H3/b3-2-,5-4?. The van der Waals surface area contributed by atoms with Gasteiger partial charge in [-0.1, -0.05) is 54.3 Å². The van der Waals surface area contributed by atoms with Crippen molar-refractivity contribution in [3.05, 3.63) is 83.4 Å². The fourth-order valence-electron chi connectivity index (χ4n) is 2.21. The molecule has 0 amide bonds. The maximum Gasteiger partial charge on any atom is 0.162 e. The van der Waals surface area contributed by atoms with Gasteiger partial charge in [0.1, 0.15) is 0 Å². The van der Waals surface area contributed by atoms with Crippen LogP contribution in [0, 0.1) is 0 Å². The van der Waals surface area contributed by atoms with E-state index < -0.39 is 0 Å². The van der Waals surface area contributed by atoms with Crippen molar-refractivity contribution in [2.45, 2.75) is 31.1 Å². The van der Waals surface area contributed by atoms with E-state index in [9.17, 15) is 4.79 Å². The van der Waals surface area contributed by atoms with Crippen LogP contribution in [0.4, 0.5) is 5.69 Å². The van der Waals surface area contributed by atoms with E-state index in [0.29, 0.717) is 6.42 Å². The molecule has 0 saturated carbocycles. The molecule has 0 radical (unpaired) electrons. The van der Waals surface area contributed by atoms with Crippen LogP contribution in [0.3, 0.4) is 0 Å². The summed E-state index contributed by atoms with van der Waals surface area (Å²) in [6, 6.07) is 7.82. The number of carbonyl (C=O) groups excluding carboxylic acids is 1. The minimum absolute atomic E-state index is 0.198. The number of thioether (sulfide) groups is 1. The highest BCUT2D eigenvalue weighted by Crippen LogP contribution is 2.30. The van der Waals surface area contributed by atoms with E-state index in [2.05, 4.69) is 6.08 Å². The van der Waals surface area contributed by atoms with Crippen LogP contribution < -0.4 is 5.73 Å². The van der Waals surface area contributed by atoms with Crippen molar-refractivity contribution in [2.75, 3.05) is 5.73 Å². The molecule has 0 fully saturated rings. The van der Waals surface area contributed by atoms with Gasteiger partial charge in [0.15, 0.2) is 5.78 Å². The van der Waals surface area contributed by atoms with Crippen LogP contribution in [0.2, 0.25) is 0 Å². The summed E-state index contributed by atoms with van der Waals surface area (Å²) in [5.41, 5.74) is 7.28. The maximum atomic E-state index is 12.3. The van der Waals surface area contributed by atoms with Crippen LogP contribution in [0.15, 0.2) is 88.2 Å². The Bertz CT molecular complexity index is 706. The van der Waals surface area contributed by atoms with Gasteiger partial charge in [0.2, 0.25) is 0 Å². The van der Waals surface area contributed by atoms with E-state index in [4.69, 9.17) is 5.73 Å². The summed E-state index contributed by atoms with van der Waals surface area (Å²) in [5, 5.41) is 0. The molecule has 2 nitrogen and oxygen atoms in total. The Balaban J connectivity index is 1.89. The quantitative estimate of drug-likeness (QED) is 0.519. The molecule has 2 rings (SSSR count). The van der Waals surface area contributed by atoms with Gasteiger partial charge in [0.05, 0.1) is 0 Å². The molecule has 1 aliphatic carbocycles. The van der Waals surface area contributed by atoms with Crippen molar-refractivity contribution in [3.8, 4) is 0 Å². The first-order chi connectivity index (χ1) is 11.7. The van der Waals surface area contributed by atoms with E-state index >= 15 is 0 Å². The first-order valence-corrected chi connectivity index (χ1v) is 8.93. The van der Waals surface area contributed by atoms with Gasteiger partial charge in [-0.15, -0.1) is 0 Å². The van der Waals surface area contributed by atoms with Crippen LogP contribution in [0.1, 0.15) is 26.2 Å². The molecule has 0 aliphatic heterocycles. The van der Waals surface area contributed by atoms with Crippen LogP contribution in [0.25, 0.3) is 0 Å². The molecule has 1 aromatic carbocycles. The number of anilines is 1. The summed E-state index contributed by atoms with van der Waals surface area (Å²) in [7, 11) is 0. The lowest BCUT2D eigenvalue weighted by molar-refractivity contribution is -0.115. The summed E-state index contributed by atoms with van der Waals surface area (Å²) in [6.45, 7) is 1.98. The molecule has 0 bridgehead atoms. The second-order valence-electron chi connectivity index (χ2n) is 5.42. The lowest BCUT2D eigenvalue weighted by Gasteiger charge is -2.02. The number of allylic oxidation sites excluding steroid dienone is 9. The molecular weight excluding hydrogens is 314 g/mol. The van der Waals surface area contributed by atoms with Gasteiger partial charge in [0.25, 0.3) is 0 Å². The predicted molar refractivity (Wildman–Crippen MR) is 105 cm³/mol. The Labute approximate surface area is 148 Å². The minimum Gasteiger partial charge on any atom is -0.399 e. The van der Waals surface area contributed by atoms with Gasteiger partial charge < -0.3 is 5.73 Å². The molecule has 0 saturated heterocycles. The Morgan fingerprint density at radius 3 is 2.71 bits per heavy atom. The number of hydrogen-bond acceptors (Lipinski definition) is 3. The lowest BCUT2D eigenvalue weighted by atomic mass is 10.1. The predicted octanol–water partition coefficient (Wildman–Crippen LogP) is 5.61. The molecule has 3 heteroatoms. The van der Waals surface area contributed by atoms with Crippen molar-refractivity contribution in [1.82, 2.24) is 0 Å². The van der Waals surface area contributed by atoms with E-state index in [-0.39, 0.29) is 5.78 Å². The van der Waals surface area contributed by atoms with Crippen molar-refractivity contribution in [1.29, 1.82) is 0 Å². The monoisotopic (exact) mass is 337 g/mol. The molecule has 2 N–H and O–H groups in total. The third-order valence-corrected chi connectivity index (χ3v) is 4.55. The van der Waals surface area contributed by atoms with Gasteiger partial charge in [-0.2, -0.15) is 0 Å². The third-order valence-electron chi connectivity index (χ3n) is 3.50. The summed E-state index contributed by atoms with van der Waals surface area (Å²) in [5.74, 6) is 0.198. The molecule has 0 atom stereocenters. The van der Waals surface area contributed by atoms with Crippen molar-refractivity contribution < 1.29 is 4.79 Å². The van der Waals surface area contributed by atoms with E-state index in [1.165, 1.54) is 0 Å². The molecule has 124 valence electrons. The third kappa shape index (κ3) is 6.09. The fraction of sp³-hybridized carbons (Fsp3) is 0.190. The van der Waals surface area contributed by atoms with Crippen LogP contribution >= 0.6 is 11.8 Å². The van der Waals surface area contributed by atoms with Crippen molar-refractivity contribution >= 4 is 23.2 Å². The van der Waals surface area contributed by atoms with Gasteiger partial charge in [-0.3, -0.25) is 4.79 Å². The number of carbonyl (C=O) groups is 1. The van der Waals surface area contributed by atoms with Gasteiger partial charge in [-0.05, 0) is 50.1 Å². The normalized spacial score (nSPS) is 14.7. The zero-order valence-electron chi connectivity index (χ0n) is 13.9. The highest BCUT2D eigenvalue weighted by atomic mass is 32.2. The molecule has 24 heavy (non-hydrogen) atoms. The van der Waals surface area contributed by atoms with Gasteiger partial charge >= 0.3 is 0 Å². The lowest BCUT2D eigenvalue weighted by Crippen LogP contribution is -1.99. The zero-order valence-corrected chi connectivity index (χ0v) is 14.8. The number of rotatable bonds is 7. The largest absolute Gasteiger partial charge is 0.399 e. The Morgan fingerprint density at radius 1 is 1.17 bits per heavy atom. The SMILES string of the molecule is C/C=C\C=CCCC(=O)C1=CCC=C(Sc2ccc(N)cc2)C=C1. The molecular formula is C21H23NOS. The summed E-state index contributed by atoms with van der Waals surface area (Å²) in [6.07, 6.45) is 18.1. The number of nitrogens with two attached hydrogens (primary N) is 1. The number of nitrogen functional groups attached to an aromatic ring is 1. The van der Waals surface area contributed by atoms with E-state index in [0.717, 1.165) is 33.9 Å². The first-order valence-electron chi connectivity index (χ1n) is 8.12. The van der Waals surface area contributed by atoms with Gasteiger partial charge in [-0.25, -0.2) is 0 Å². The maximum absolute atomic E-state index is 12.3. The zero-order chi connectivity index (χ0) is 17.2. The second kappa shape index (κ2) is 9.78. The average Bonchev–Trinajstić information content (AvgIpc) is 2.82. The summed E-state index contributed by atoms with van der Waals surface area (Å²) in [4.78, 5) is 14.6. The smallest absolute Gasteiger partial charge is 0.162 e. The highest BCUT2D eigenvalue weighted by Gasteiger charge is 2.08. The molecule has 0 aromatic heterocycles. The fourth-order valence-corrected chi connectivity index (χ4v) is 3.07. The van der Waals surface area contributed by atoms with E-state index in [1.807, 2.05) is 73.7 Å². The Morgan fingerprint density at radius 2 is 1.96 bits per heavy atom. The Hall–Kier alpha value is -2.26.